The van der Waals surface area contributed by atoms with Gasteiger partial charge in [-0.15, -0.1) is 0 Å². The minimum atomic E-state index is -0.585. The van der Waals surface area contributed by atoms with Crippen LogP contribution in [0.2, 0.25) is 0 Å². The van der Waals surface area contributed by atoms with Crippen LogP contribution in [0.3, 0.4) is 0 Å². The van der Waals surface area contributed by atoms with Crippen molar-refractivity contribution in [3.8, 4) is 6.07 Å². The number of ether oxygens (including phenoxy) is 1. The molecular formula is C11H10FNO2. The predicted octanol–water partition coefficient (Wildman–Crippen LogP) is 1.97. The SMILES string of the molecule is COC(=O)C(C)c1ccc(F)c(C#N)c1. The third-order valence-electron chi connectivity index (χ3n) is 2.17. The second kappa shape index (κ2) is 4.56. The first-order valence-corrected chi connectivity index (χ1v) is 4.37. The summed E-state index contributed by atoms with van der Waals surface area (Å²) in [5.41, 5.74) is 0.503. The van der Waals surface area contributed by atoms with E-state index in [0.29, 0.717) is 5.56 Å². The first-order valence-electron chi connectivity index (χ1n) is 4.37. The lowest BCUT2D eigenvalue weighted by Gasteiger charge is -2.09. The number of hydrogen-bond acceptors (Lipinski definition) is 3. The molecule has 1 atom stereocenters. The average Bonchev–Trinajstić information content (AvgIpc) is 2.27. The Bertz CT molecular complexity index is 423. The Labute approximate surface area is 87.1 Å². The number of nitriles is 1. The summed E-state index contributed by atoms with van der Waals surface area (Å²) in [5, 5.41) is 8.61. The van der Waals surface area contributed by atoms with Crippen molar-refractivity contribution in [2.75, 3.05) is 7.11 Å². The Morgan fingerprint density at radius 3 is 2.80 bits per heavy atom. The molecule has 0 aliphatic heterocycles. The molecule has 0 amide bonds. The topological polar surface area (TPSA) is 50.1 Å². The highest BCUT2D eigenvalue weighted by Crippen LogP contribution is 2.19. The van der Waals surface area contributed by atoms with E-state index in [0.717, 1.165) is 0 Å². The van der Waals surface area contributed by atoms with Gasteiger partial charge in [0.15, 0.2) is 0 Å². The Balaban J connectivity index is 3.07. The molecule has 1 rings (SSSR count). The molecule has 0 N–H and O–H groups in total. The zero-order valence-corrected chi connectivity index (χ0v) is 8.45. The van der Waals surface area contributed by atoms with Crippen LogP contribution in [0.4, 0.5) is 4.39 Å². The van der Waals surface area contributed by atoms with Gasteiger partial charge in [0.05, 0.1) is 18.6 Å². The van der Waals surface area contributed by atoms with Crippen molar-refractivity contribution >= 4 is 5.97 Å². The molecule has 0 radical (unpaired) electrons. The molecule has 0 spiro atoms. The lowest BCUT2D eigenvalue weighted by Crippen LogP contribution is -2.11. The van der Waals surface area contributed by atoms with Gasteiger partial charge in [-0.1, -0.05) is 6.07 Å². The number of benzene rings is 1. The maximum Gasteiger partial charge on any atom is 0.312 e. The molecule has 3 nitrogen and oxygen atoms in total. The minimum absolute atomic E-state index is 0.0664. The molecule has 0 aliphatic rings. The summed E-state index contributed by atoms with van der Waals surface area (Å²) < 4.78 is 17.5. The highest BCUT2D eigenvalue weighted by Gasteiger charge is 2.16. The van der Waals surface area contributed by atoms with Crippen LogP contribution < -0.4 is 0 Å². The lowest BCUT2D eigenvalue weighted by atomic mass is 9.99. The molecule has 0 saturated heterocycles. The van der Waals surface area contributed by atoms with Crippen molar-refractivity contribution in [1.29, 1.82) is 5.26 Å². The Morgan fingerprint density at radius 2 is 2.27 bits per heavy atom. The second-order valence-electron chi connectivity index (χ2n) is 3.10. The van der Waals surface area contributed by atoms with Gasteiger partial charge in [0.2, 0.25) is 0 Å². The molecule has 78 valence electrons. The quantitative estimate of drug-likeness (QED) is 0.696. The van der Waals surface area contributed by atoms with Crippen LogP contribution in [0.25, 0.3) is 0 Å². The molecule has 0 fully saturated rings. The van der Waals surface area contributed by atoms with Crippen LogP contribution in [-0.4, -0.2) is 13.1 Å². The molecule has 1 aromatic carbocycles. The molecule has 0 heterocycles. The fraction of sp³-hybridized carbons (Fsp3) is 0.273. The number of rotatable bonds is 2. The average molecular weight is 207 g/mol. The maximum absolute atomic E-state index is 13.0. The maximum atomic E-state index is 13.0. The number of carbonyl (C=O) groups is 1. The number of methoxy groups -OCH3 is 1. The summed E-state index contributed by atoms with van der Waals surface area (Å²) >= 11 is 0. The van der Waals surface area contributed by atoms with Crippen molar-refractivity contribution in [3.63, 3.8) is 0 Å². The lowest BCUT2D eigenvalue weighted by molar-refractivity contribution is -0.141. The van der Waals surface area contributed by atoms with E-state index in [1.165, 1.54) is 25.3 Å². The first-order chi connectivity index (χ1) is 7.10. The van der Waals surface area contributed by atoms with Crippen molar-refractivity contribution < 1.29 is 13.9 Å². The van der Waals surface area contributed by atoms with E-state index in [9.17, 15) is 9.18 Å². The van der Waals surface area contributed by atoms with Crippen molar-refractivity contribution in [2.45, 2.75) is 12.8 Å². The van der Waals surface area contributed by atoms with E-state index in [1.807, 2.05) is 0 Å². The van der Waals surface area contributed by atoms with Crippen LogP contribution in [0, 0.1) is 17.1 Å². The summed E-state index contributed by atoms with van der Waals surface area (Å²) in [7, 11) is 1.29. The van der Waals surface area contributed by atoms with Crippen LogP contribution in [-0.2, 0) is 9.53 Å². The van der Waals surface area contributed by atoms with Gasteiger partial charge < -0.3 is 4.74 Å². The summed E-state index contributed by atoms with van der Waals surface area (Å²) in [6.45, 7) is 1.64. The monoisotopic (exact) mass is 207 g/mol. The van der Waals surface area contributed by atoms with Gasteiger partial charge in [-0.25, -0.2) is 4.39 Å². The fourth-order valence-electron chi connectivity index (χ4n) is 1.21. The molecule has 0 aliphatic carbocycles. The van der Waals surface area contributed by atoms with Crippen molar-refractivity contribution in [1.82, 2.24) is 0 Å². The molecule has 1 unspecified atom stereocenters. The van der Waals surface area contributed by atoms with Crippen molar-refractivity contribution in [3.05, 3.63) is 35.1 Å². The Morgan fingerprint density at radius 1 is 1.60 bits per heavy atom. The smallest absolute Gasteiger partial charge is 0.312 e. The van der Waals surface area contributed by atoms with E-state index in [2.05, 4.69) is 4.74 Å². The number of carbonyl (C=O) groups excluding carboxylic acids is 1. The Kier molecular flexibility index (Phi) is 3.40. The fourth-order valence-corrected chi connectivity index (χ4v) is 1.21. The van der Waals surface area contributed by atoms with Gasteiger partial charge in [0.1, 0.15) is 11.9 Å². The Hall–Kier alpha value is -1.89. The number of nitrogens with zero attached hydrogens (tertiary/aromatic N) is 1. The number of hydrogen-bond donors (Lipinski definition) is 0. The van der Waals surface area contributed by atoms with Gasteiger partial charge in [-0.3, -0.25) is 4.79 Å². The van der Waals surface area contributed by atoms with Gasteiger partial charge >= 0.3 is 5.97 Å². The third kappa shape index (κ3) is 2.32. The molecular weight excluding hydrogens is 197 g/mol. The highest BCUT2D eigenvalue weighted by atomic mass is 19.1. The van der Waals surface area contributed by atoms with Crippen LogP contribution in [0.15, 0.2) is 18.2 Å². The van der Waals surface area contributed by atoms with Gasteiger partial charge in [-0.05, 0) is 24.6 Å². The second-order valence-corrected chi connectivity index (χ2v) is 3.10. The van der Waals surface area contributed by atoms with E-state index in [4.69, 9.17) is 5.26 Å². The summed E-state index contributed by atoms with van der Waals surface area (Å²) in [5.74, 6) is -1.49. The van der Waals surface area contributed by atoms with Crippen LogP contribution in [0.5, 0.6) is 0 Å². The van der Waals surface area contributed by atoms with Crippen LogP contribution >= 0.6 is 0 Å². The summed E-state index contributed by atoms with van der Waals surface area (Å²) in [6, 6.07) is 5.72. The largest absolute Gasteiger partial charge is 0.469 e. The highest BCUT2D eigenvalue weighted by molar-refractivity contribution is 5.77. The minimum Gasteiger partial charge on any atom is -0.469 e. The molecule has 0 aromatic heterocycles. The van der Waals surface area contributed by atoms with E-state index in [1.54, 1.807) is 13.0 Å². The molecule has 0 bridgehead atoms. The zero-order valence-electron chi connectivity index (χ0n) is 8.45. The van der Waals surface area contributed by atoms with Gasteiger partial charge in [0, 0.05) is 0 Å². The molecule has 15 heavy (non-hydrogen) atoms. The summed E-state index contributed by atoms with van der Waals surface area (Å²) in [6.07, 6.45) is 0. The van der Waals surface area contributed by atoms with E-state index < -0.39 is 17.7 Å². The number of esters is 1. The zero-order chi connectivity index (χ0) is 11.4. The van der Waals surface area contributed by atoms with Gasteiger partial charge in [0.25, 0.3) is 0 Å². The normalized spacial score (nSPS) is 11.6. The summed E-state index contributed by atoms with van der Waals surface area (Å²) in [4.78, 5) is 11.2. The molecule has 4 heteroatoms. The van der Waals surface area contributed by atoms with Crippen molar-refractivity contribution in [2.24, 2.45) is 0 Å². The van der Waals surface area contributed by atoms with E-state index in [-0.39, 0.29) is 5.56 Å². The molecule has 0 saturated carbocycles. The van der Waals surface area contributed by atoms with Gasteiger partial charge in [-0.2, -0.15) is 5.26 Å². The first kappa shape index (κ1) is 11.2. The third-order valence-corrected chi connectivity index (χ3v) is 2.17. The number of halogens is 1. The van der Waals surface area contributed by atoms with Crippen LogP contribution in [0.1, 0.15) is 24.0 Å². The predicted molar refractivity (Wildman–Crippen MR) is 51.5 cm³/mol. The molecule has 1 aromatic rings. The standard InChI is InChI=1S/C11H10FNO2/c1-7(11(14)15-2)8-3-4-10(12)9(5-8)6-13/h3-5,7H,1-2H3. The van der Waals surface area contributed by atoms with E-state index >= 15 is 0 Å².